The lowest BCUT2D eigenvalue weighted by Crippen LogP contribution is -2.30. The van der Waals surface area contributed by atoms with Gasteiger partial charge in [0.25, 0.3) is 5.56 Å². The summed E-state index contributed by atoms with van der Waals surface area (Å²) in [7, 11) is 0. The van der Waals surface area contributed by atoms with Gasteiger partial charge >= 0.3 is 12.1 Å². The summed E-state index contributed by atoms with van der Waals surface area (Å²) >= 11 is 0. The monoisotopic (exact) mass is 328 g/mol. The van der Waals surface area contributed by atoms with E-state index in [1.165, 1.54) is 10.6 Å². The van der Waals surface area contributed by atoms with E-state index in [9.17, 15) is 19.5 Å². The highest BCUT2D eigenvalue weighted by molar-refractivity contribution is 5.84. The van der Waals surface area contributed by atoms with Gasteiger partial charge in [0, 0.05) is 5.69 Å². The molecule has 3 rings (SSSR count). The number of amides is 1. The topological polar surface area (TPSA) is 97.6 Å². The number of ether oxygens (including phenoxy) is 1. The molecule has 0 spiro atoms. The number of hydrogen-bond donors (Lipinski definition) is 2. The number of anilines is 1. The first-order chi connectivity index (χ1) is 11.6. The van der Waals surface area contributed by atoms with Crippen molar-refractivity contribution in [1.29, 1.82) is 0 Å². The molecule has 24 heavy (non-hydrogen) atoms. The molecule has 0 saturated carbocycles. The van der Waals surface area contributed by atoms with Crippen molar-refractivity contribution in [2.75, 3.05) is 5.32 Å². The maximum Gasteiger partial charge on any atom is 0.412 e. The molecule has 124 valence electrons. The summed E-state index contributed by atoms with van der Waals surface area (Å²) in [4.78, 5) is 35.5. The molecule has 7 nitrogen and oxygen atoms in total. The van der Waals surface area contributed by atoms with Crippen molar-refractivity contribution in [2.45, 2.75) is 25.5 Å². The standard InChI is InChI=1S/C17H16N2O5/c20-15-13(8-6-12-7-9-14(16(21)22)19(12)15)18-17(23)24-10-11-4-2-1-3-5-11/h1-6,8,14H,7,9-10H2,(H,18,23)(H,21,22)/t14-/m1/s1. The smallest absolute Gasteiger partial charge is 0.412 e. The Morgan fingerprint density at radius 1 is 1.21 bits per heavy atom. The second-order valence-electron chi connectivity index (χ2n) is 5.49. The largest absolute Gasteiger partial charge is 0.480 e. The Balaban J connectivity index is 1.72. The fourth-order valence-electron chi connectivity index (χ4n) is 2.75. The first-order valence-corrected chi connectivity index (χ1v) is 7.51. The van der Waals surface area contributed by atoms with Crippen LogP contribution in [-0.4, -0.2) is 21.7 Å². The van der Waals surface area contributed by atoms with Crippen LogP contribution >= 0.6 is 0 Å². The van der Waals surface area contributed by atoms with Crippen molar-refractivity contribution in [3.8, 4) is 0 Å². The van der Waals surface area contributed by atoms with E-state index in [2.05, 4.69) is 5.32 Å². The fraction of sp³-hybridized carbons (Fsp3) is 0.235. The van der Waals surface area contributed by atoms with E-state index in [0.29, 0.717) is 18.5 Å². The third-order valence-electron chi connectivity index (χ3n) is 3.92. The highest BCUT2D eigenvalue weighted by atomic mass is 16.5. The van der Waals surface area contributed by atoms with Crippen molar-refractivity contribution in [3.63, 3.8) is 0 Å². The third kappa shape index (κ3) is 3.15. The van der Waals surface area contributed by atoms with Crippen LogP contribution in [0.2, 0.25) is 0 Å². The Morgan fingerprint density at radius 3 is 2.67 bits per heavy atom. The van der Waals surface area contributed by atoms with Crippen LogP contribution in [0.5, 0.6) is 0 Å². The second kappa shape index (κ2) is 6.57. The van der Waals surface area contributed by atoms with Crippen LogP contribution in [0.3, 0.4) is 0 Å². The number of benzene rings is 1. The minimum atomic E-state index is -1.06. The number of carbonyl (C=O) groups is 2. The number of aliphatic carboxylic acids is 1. The van der Waals surface area contributed by atoms with Gasteiger partial charge < -0.3 is 9.84 Å². The van der Waals surface area contributed by atoms with E-state index in [1.807, 2.05) is 30.3 Å². The minimum absolute atomic E-state index is 0.00459. The summed E-state index contributed by atoms with van der Waals surface area (Å²) < 4.78 is 6.28. The van der Waals surface area contributed by atoms with Crippen molar-refractivity contribution in [1.82, 2.24) is 4.57 Å². The Bertz CT molecular complexity index is 829. The maximum atomic E-state index is 12.4. The average molecular weight is 328 g/mol. The summed E-state index contributed by atoms with van der Waals surface area (Å²) in [5.74, 6) is -1.06. The number of carboxylic acids is 1. The van der Waals surface area contributed by atoms with Crippen molar-refractivity contribution < 1.29 is 19.4 Å². The lowest BCUT2D eigenvalue weighted by molar-refractivity contribution is -0.140. The van der Waals surface area contributed by atoms with E-state index in [4.69, 9.17) is 4.74 Å². The third-order valence-corrected chi connectivity index (χ3v) is 3.92. The minimum Gasteiger partial charge on any atom is -0.480 e. The number of rotatable bonds is 4. The number of pyridine rings is 1. The molecule has 1 aliphatic rings. The van der Waals surface area contributed by atoms with Gasteiger partial charge in [-0.05, 0) is 30.5 Å². The Morgan fingerprint density at radius 2 is 1.96 bits per heavy atom. The quantitative estimate of drug-likeness (QED) is 0.896. The predicted molar refractivity (Wildman–Crippen MR) is 85.9 cm³/mol. The van der Waals surface area contributed by atoms with Gasteiger partial charge in [-0.3, -0.25) is 14.7 Å². The Hall–Kier alpha value is -3.09. The predicted octanol–water partition coefficient (Wildman–Crippen LogP) is 2.17. The van der Waals surface area contributed by atoms with E-state index in [-0.39, 0.29) is 12.3 Å². The molecule has 1 aromatic carbocycles. The molecule has 2 N–H and O–H groups in total. The van der Waals surface area contributed by atoms with Gasteiger partial charge in [-0.25, -0.2) is 9.59 Å². The summed E-state index contributed by atoms with van der Waals surface area (Å²) in [6.07, 6.45) is 0.124. The maximum absolute atomic E-state index is 12.4. The summed E-state index contributed by atoms with van der Waals surface area (Å²) in [5.41, 5.74) is 0.943. The SMILES string of the molecule is O=C(Nc1ccc2n(c1=O)[C@@H](C(=O)O)CC2)OCc1ccccc1. The molecular weight excluding hydrogens is 312 g/mol. The molecule has 0 aliphatic carbocycles. The molecule has 0 fully saturated rings. The summed E-state index contributed by atoms with van der Waals surface area (Å²) in [5, 5.41) is 11.6. The molecular formula is C17H16N2O5. The van der Waals surface area contributed by atoms with Gasteiger partial charge in [-0.15, -0.1) is 0 Å². The van der Waals surface area contributed by atoms with Gasteiger partial charge in [-0.1, -0.05) is 30.3 Å². The molecule has 1 amide bonds. The molecule has 2 heterocycles. The lowest BCUT2D eigenvalue weighted by atomic mass is 10.2. The van der Waals surface area contributed by atoms with Crippen LogP contribution in [0.1, 0.15) is 23.7 Å². The molecule has 0 radical (unpaired) electrons. The lowest BCUT2D eigenvalue weighted by Gasteiger charge is -2.12. The second-order valence-corrected chi connectivity index (χ2v) is 5.49. The molecule has 0 saturated heterocycles. The van der Waals surface area contributed by atoms with Crippen LogP contribution in [0, 0.1) is 0 Å². The molecule has 1 aromatic heterocycles. The van der Waals surface area contributed by atoms with Gasteiger partial charge in [0.05, 0.1) is 0 Å². The number of hydrogen-bond acceptors (Lipinski definition) is 4. The normalized spacial score (nSPS) is 15.6. The zero-order valence-corrected chi connectivity index (χ0v) is 12.8. The zero-order chi connectivity index (χ0) is 17.1. The fourth-order valence-corrected chi connectivity index (χ4v) is 2.75. The highest BCUT2D eigenvalue weighted by Crippen LogP contribution is 2.24. The van der Waals surface area contributed by atoms with Crippen LogP contribution in [0.25, 0.3) is 0 Å². The van der Waals surface area contributed by atoms with Crippen LogP contribution in [0.4, 0.5) is 10.5 Å². The first kappa shape index (κ1) is 15.8. The number of carboxylic acid groups (broad SMARTS) is 1. The van der Waals surface area contributed by atoms with E-state index in [1.54, 1.807) is 6.07 Å². The van der Waals surface area contributed by atoms with Crippen LogP contribution in [0.15, 0.2) is 47.3 Å². The van der Waals surface area contributed by atoms with E-state index < -0.39 is 23.7 Å². The summed E-state index contributed by atoms with van der Waals surface area (Å²) in [6.45, 7) is 0.0801. The highest BCUT2D eigenvalue weighted by Gasteiger charge is 2.29. The zero-order valence-electron chi connectivity index (χ0n) is 12.8. The Kier molecular flexibility index (Phi) is 4.33. The molecule has 7 heteroatoms. The number of aromatic nitrogens is 1. The van der Waals surface area contributed by atoms with Crippen molar-refractivity contribution in [3.05, 3.63) is 64.1 Å². The average Bonchev–Trinajstić information content (AvgIpc) is 3.02. The van der Waals surface area contributed by atoms with Gasteiger partial charge in [0.2, 0.25) is 0 Å². The van der Waals surface area contributed by atoms with Gasteiger partial charge in [0.1, 0.15) is 18.3 Å². The van der Waals surface area contributed by atoms with Gasteiger partial charge in [-0.2, -0.15) is 0 Å². The van der Waals surface area contributed by atoms with E-state index in [0.717, 1.165) is 5.56 Å². The number of nitrogens with one attached hydrogen (secondary N) is 1. The first-order valence-electron chi connectivity index (χ1n) is 7.51. The molecule has 0 unspecified atom stereocenters. The number of fused-ring (bicyclic) bond motifs is 1. The Labute approximate surface area is 137 Å². The van der Waals surface area contributed by atoms with E-state index >= 15 is 0 Å². The van der Waals surface area contributed by atoms with Gasteiger partial charge in [0.15, 0.2) is 0 Å². The number of nitrogens with zero attached hydrogens (tertiary/aromatic N) is 1. The number of carbonyl (C=O) groups excluding carboxylic acids is 1. The summed E-state index contributed by atoms with van der Waals surface area (Å²) in [6, 6.07) is 11.4. The van der Waals surface area contributed by atoms with Crippen LogP contribution in [-0.2, 0) is 22.6 Å². The molecule has 0 bridgehead atoms. The molecule has 1 aliphatic heterocycles. The molecule has 2 aromatic rings. The van der Waals surface area contributed by atoms with Crippen molar-refractivity contribution >= 4 is 17.7 Å². The number of aryl methyl sites for hydroxylation is 1. The van der Waals surface area contributed by atoms with Crippen LogP contribution < -0.4 is 10.9 Å². The van der Waals surface area contributed by atoms with Crippen molar-refractivity contribution in [2.24, 2.45) is 0 Å². The molecule has 1 atom stereocenters.